The van der Waals surface area contributed by atoms with E-state index in [0.29, 0.717) is 25.2 Å². The molecule has 15 heavy (non-hydrogen) atoms. The van der Waals surface area contributed by atoms with Gasteiger partial charge in [-0.25, -0.2) is 4.39 Å². The second-order valence-electron chi connectivity index (χ2n) is 3.65. The second-order valence-corrected chi connectivity index (χ2v) is 3.65. The molecule has 1 aliphatic rings. The van der Waals surface area contributed by atoms with E-state index in [4.69, 9.17) is 0 Å². The molecule has 1 aromatic rings. The van der Waals surface area contributed by atoms with Gasteiger partial charge in [0.05, 0.1) is 6.54 Å². The lowest BCUT2D eigenvalue weighted by Crippen LogP contribution is -2.47. The van der Waals surface area contributed by atoms with Gasteiger partial charge in [0.2, 0.25) is 5.91 Å². The second kappa shape index (κ2) is 4.40. The molecule has 1 aromatic carbocycles. The Bertz CT molecular complexity index is 367. The zero-order valence-corrected chi connectivity index (χ0v) is 8.37. The van der Waals surface area contributed by atoms with Gasteiger partial charge in [0.25, 0.3) is 0 Å². The largest absolute Gasteiger partial charge is 0.354 e. The number of nitrogens with one attached hydrogen (secondary N) is 1. The van der Waals surface area contributed by atoms with Gasteiger partial charge in [-0.05, 0) is 6.07 Å². The summed E-state index contributed by atoms with van der Waals surface area (Å²) in [5.74, 6) is -0.193. The molecule has 80 valence electrons. The van der Waals surface area contributed by atoms with E-state index in [9.17, 15) is 9.18 Å². The molecule has 0 atom stereocenters. The lowest BCUT2D eigenvalue weighted by atomic mass is 10.2. The maximum atomic E-state index is 13.3. The van der Waals surface area contributed by atoms with Crippen molar-refractivity contribution < 1.29 is 9.18 Å². The van der Waals surface area contributed by atoms with Crippen LogP contribution in [0.4, 0.5) is 4.39 Å². The standard InChI is InChI=1S/C11H13FN2O/c12-10-4-2-1-3-9(10)7-14-6-5-13-11(15)8-14/h1-4H,5-8H2,(H,13,15). The van der Waals surface area contributed by atoms with Gasteiger partial charge in [0, 0.05) is 25.2 Å². The zero-order valence-electron chi connectivity index (χ0n) is 8.37. The highest BCUT2D eigenvalue weighted by Crippen LogP contribution is 2.10. The van der Waals surface area contributed by atoms with Crippen molar-refractivity contribution in [1.29, 1.82) is 0 Å². The topological polar surface area (TPSA) is 32.3 Å². The number of piperazine rings is 1. The van der Waals surface area contributed by atoms with Crippen LogP contribution in [0.2, 0.25) is 0 Å². The minimum Gasteiger partial charge on any atom is -0.354 e. The number of halogens is 1. The normalized spacial score (nSPS) is 17.5. The highest BCUT2D eigenvalue weighted by atomic mass is 19.1. The van der Waals surface area contributed by atoms with Crippen LogP contribution in [0.15, 0.2) is 24.3 Å². The smallest absolute Gasteiger partial charge is 0.234 e. The number of carbonyl (C=O) groups is 1. The SMILES string of the molecule is O=C1CN(Cc2ccccc2F)CCN1. The summed E-state index contributed by atoms with van der Waals surface area (Å²) in [5, 5.41) is 2.74. The summed E-state index contributed by atoms with van der Waals surface area (Å²) in [6.45, 7) is 2.28. The van der Waals surface area contributed by atoms with Gasteiger partial charge in [-0.1, -0.05) is 18.2 Å². The van der Waals surface area contributed by atoms with Crippen molar-refractivity contribution in [1.82, 2.24) is 10.2 Å². The van der Waals surface area contributed by atoms with E-state index in [2.05, 4.69) is 5.32 Å². The minimum atomic E-state index is -0.205. The van der Waals surface area contributed by atoms with E-state index in [-0.39, 0.29) is 11.7 Å². The first-order valence-corrected chi connectivity index (χ1v) is 4.98. The highest BCUT2D eigenvalue weighted by Gasteiger charge is 2.16. The molecule has 0 unspecified atom stereocenters. The fourth-order valence-corrected chi connectivity index (χ4v) is 1.69. The Morgan fingerprint density at radius 2 is 2.20 bits per heavy atom. The van der Waals surface area contributed by atoms with Crippen LogP contribution in [0.3, 0.4) is 0 Å². The van der Waals surface area contributed by atoms with Crippen LogP contribution >= 0.6 is 0 Å². The molecule has 0 bridgehead atoms. The predicted octanol–water partition coefficient (Wildman–Crippen LogP) is 0.758. The third kappa shape index (κ3) is 2.53. The Labute approximate surface area is 87.9 Å². The van der Waals surface area contributed by atoms with E-state index in [1.807, 2.05) is 11.0 Å². The number of hydrogen-bond donors (Lipinski definition) is 1. The molecular formula is C11H13FN2O. The summed E-state index contributed by atoms with van der Waals surface area (Å²) in [5.41, 5.74) is 0.646. The average molecular weight is 208 g/mol. The average Bonchev–Trinajstić information content (AvgIpc) is 2.22. The Balaban J connectivity index is 2.02. The summed E-state index contributed by atoms with van der Waals surface area (Å²) in [6.07, 6.45) is 0. The first-order valence-electron chi connectivity index (χ1n) is 4.98. The lowest BCUT2D eigenvalue weighted by Gasteiger charge is -2.26. The molecule has 0 aromatic heterocycles. The number of nitrogens with zero attached hydrogens (tertiary/aromatic N) is 1. The number of amides is 1. The minimum absolute atomic E-state index is 0.0117. The predicted molar refractivity (Wildman–Crippen MR) is 54.7 cm³/mol. The number of hydrogen-bond acceptors (Lipinski definition) is 2. The van der Waals surface area contributed by atoms with Crippen molar-refractivity contribution in [2.75, 3.05) is 19.6 Å². The monoisotopic (exact) mass is 208 g/mol. The summed E-state index contributed by atoms with van der Waals surface area (Å²) >= 11 is 0. The first kappa shape index (κ1) is 10.1. The van der Waals surface area contributed by atoms with Crippen LogP contribution in [0.5, 0.6) is 0 Å². The van der Waals surface area contributed by atoms with Gasteiger partial charge < -0.3 is 5.32 Å². The van der Waals surface area contributed by atoms with E-state index in [1.54, 1.807) is 12.1 Å². The third-order valence-corrected chi connectivity index (χ3v) is 2.47. The quantitative estimate of drug-likeness (QED) is 0.778. The van der Waals surface area contributed by atoms with Crippen molar-refractivity contribution in [3.8, 4) is 0 Å². The molecule has 1 amide bonds. The molecule has 1 N–H and O–H groups in total. The van der Waals surface area contributed by atoms with E-state index >= 15 is 0 Å². The zero-order chi connectivity index (χ0) is 10.7. The van der Waals surface area contributed by atoms with Gasteiger partial charge in [0.1, 0.15) is 5.82 Å². The Morgan fingerprint density at radius 3 is 2.93 bits per heavy atom. The number of benzene rings is 1. The fraction of sp³-hybridized carbons (Fsp3) is 0.364. The van der Waals surface area contributed by atoms with E-state index in [0.717, 1.165) is 6.54 Å². The molecule has 0 aliphatic carbocycles. The molecule has 0 radical (unpaired) electrons. The van der Waals surface area contributed by atoms with Crippen LogP contribution in [-0.4, -0.2) is 30.4 Å². The molecule has 1 fully saturated rings. The van der Waals surface area contributed by atoms with Crippen LogP contribution in [0.1, 0.15) is 5.56 Å². The summed E-state index contributed by atoms with van der Waals surface area (Å²) < 4.78 is 13.3. The van der Waals surface area contributed by atoms with Crippen LogP contribution in [0, 0.1) is 5.82 Å². The summed E-state index contributed by atoms with van der Waals surface area (Å²) in [6, 6.07) is 6.67. The van der Waals surface area contributed by atoms with Crippen molar-refractivity contribution in [2.45, 2.75) is 6.54 Å². The Morgan fingerprint density at radius 1 is 1.40 bits per heavy atom. The Kier molecular flexibility index (Phi) is 2.97. The highest BCUT2D eigenvalue weighted by molar-refractivity contribution is 5.78. The maximum absolute atomic E-state index is 13.3. The molecule has 1 aliphatic heterocycles. The van der Waals surface area contributed by atoms with Crippen molar-refractivity contribution in [3.63, 3.8) is 0 Å². The molecule has 1 heterocycles. The van der Waals surface area contributed by atoms with Gasteiger partial charge in [-0.3, -0.25) is 9.69 Å². The molecule has 1 saturated heterocycles. The molecule has 2 rings (SSSR count). The Hall–Kier alpha value is -1.42. The van der Waals surface area contributed by atoms with E-state index < -0.39 is 0 Å². The van der Waals surface area contributed by atoms with Gasteiger partial charge in [-0.15, -0.1) is 0 Å². The summed E-state index contributed by atoms with van der Waals surface area (Å²) in [7, 11) is 0. The van der Waals surface area contributed by atoms with Gasteiger partial charge in [-0.2, -0.15) is 0 Å². The lowest BCUT2D eigenvalue weighted by molar-refractivity contribution is -0.124. The van der Waals surface area contributed by atoms with Crippen molar-refractivity contribution in [3.05, 3.63) is 35.6 Å². The van der Waals surface area contributed by atoms with E-state index in [1.165, 1.54) is 6.07 Å². The van der Waals surface area contributed by atoms with Crippen LogP contribution in [-0.2, 0) is 11.3 Å². The number of rotatable bonds is 2. The van der Waals surface area contributed by atoms with Gasteiger partial charge >= 0.3 is 0 Å². The third-order valence-electron chi connectivity index (χ3n) is 2.47. The van der Waals surface area contributed by atoms with Gasteiger partial charge in [0.15, 0.2) is 0 Å². The van der Waals surface area contributed by atoms with Crippen molar-refractivity contribution in [2.24, 2.45) is 0 Å². The summed E-state index contributed by atoms with van der Waals surface area (Å²) in [4.78, 5) is 13.0. The van der Waals surface area contributed by atoms with Crippen molar-refractivity contribution >= 4 is 5.91 Å². The maximum Gasteiger partial charge on any atom is 0.234 e. The molecule has 3 nitrogen and oxygen atoms in total. The van der Waals surface area contributed by atoms with Crippen LogP contribution in [0.25, 0.3) is 0 Å². The molecule has 0 spiro atoms. The van der Waals surface area contributed by atoms with Crippen LogP contribution < -0.4 is 5.32 Å². The molecular weight excluding hydrogens is 195 g/mol. The number of carbonyl (C=O) groups excluding carboxylic acids is 1. The molecule has 4 heteroatoms. The first-order chi connectivity index (χ1) is 7.25. The fourth-order valence-electron chi connectivity index (χ4n) is 1.69. The molecule has 0 saturated carbocycles.